The maximum Gasteiger partial charge on any atom is 0.407 e. The number of aromatic nitrogens is 1. The molecule has 1 aromatic heterocycles. The van der Waals surface area contributed by atoms with Gasteiger partial charge in [-0.05, 0) is 31.0 Å². The molecule has 0 aliphatic heterocycles. The zero-order chi connectivity index (χ0) is 14.7. The van der Waals surface area contributed by atoms with Gasteiger partial charge in [0.05, 0.1) is 17.3 Å². The fourth-order valence-corrected chi connectivity index (χ4v) is 2.87. The van der Waals surface area contributed by atoms with Crippen LogP contribution in [0.3, 0.4) is 0 Å². The van der Waals surface area contributed by atoms with Crippen LogP contribution >= 0.6 is 11.3 Å². The van der Waals surface area contributed by atoms with Gasteiger partial charge in [-0.25, -0.2) is 9.78 Å². The fourth-order valence-electron chi connectivity index (χ4n) is 1.81. The number of nitrogens with one attached hydrogen (secondary N) is 2. The number of hydrogen-bond acceptors (Lipinski definition) is 5. The van der Waals surface area contributed by atoms with E-state index in [1.54, 1.807) is 0 Å². The number of hydrogen-bond donors (Lipinski definition) is 2. The molecule has 1 aromatic carbocycles. The molecule has 2 rings (SSSR count). The van der Waals surface area contributed by atoms with Gasteiger partial charge < -0.3 is 15.4 Å². The predicted octanol–water partition coefficient (Wildman–Crippen LogP) is 2.21. The second-order valence-electron chi connectivity index (χ2n) is 4.34. The Morgan fingerprint density at radius 1 is 1.35 bits per heavy atom. The number of anilines is 1. The minimum Gasteiger partial charge on any atom is -0.453 e. The van der Waals surface area contributed by atoms with E-state index in [0.29, 0.717) is 5.13 Å². The number of nitrogens with zero attached hydrogens (tertiary/aromatic N) is 1. The van der Waals surface area contributed by atoms with E-state index >= 15 is 0 Å². The summed E-state index contributed by atoms with van der Waals surface area (Å²) < 4.78 is 5.41. The minimum atomic E-state index is -0.643. The van der Waals surface area contributed by atoms with Crippen molar-refractivity contribution in [1.29, 1.82) is 0 Å². The maximum atomic E-state index is 11.6. The lowest BCUT2D eigenvalue weighted by molar-refractivity contribution is -0.115. The van der Waals surface area contributed by atoms with Crippen LogP contribution in [0.5, 0.6) is 0 Å². The highest BCUT2D eigenvalue weighted by Crippen LogP contribution is 2.29. The molecule has 0 aliphatic rings. The summed E-state index contributed by atoms with van der Waals surface area (Å²) in [6.45, 7) is 3.85. The Kier molecular flexibility index (Phi) is 4.19. The van der Waals surface area contributed by atoms with E-state index in [0.717, 1.165) is 21.3 Å². The molecule has 0 radical (unpaired) electrons. The molecule has 1 heterocycles. The highest BCUT2D eigenvalue weighted by molar-refractivity contribution is 7.22. The average molecular weight is 293 g/mol. The third-order valence-corrected chi connectivity index (χ3v) is 3.57. The second-order valence-corrected chi connectivity index (χ2v) is 5.37. The third kappa shape index (κ3) is 3.24. The number of benzene rings is 1. The van der Waals surface area contributed by atoms with Gasteiger partial charge in [-0.2, -0.15) is 0 Å². The zero-order valence-electron chi connectivity index (χ0n) is 11.4. The van der Waals surface area contributed by atoms with Crippen LogP contribution in [0.15, 0.2) is 12.1 Å². The van der Waals surface area contributed by atoms with Crippen molar-refractivity contribution in [3.8, 4) is 0 Å². The van der Waals surface area contributed by atoms with Crippen LogP contribution in [0.2, 0.25) is 0 Å². The number of methoxy groups -OCH3 is 1. The molecule has 20 heavy (non-hydrogen) atoms. The van der Waals surface area contributed by atoms with E-state index in [1.807, 2.05) is 26.0 Å². The number of aryl methyl sites for hydroxylation is 2. The molecule has 0 spiro atoms. The standard InChI is InChI=1S/C13H15N3O3S/c1-7-4-8(2)11-9(5-7)20-12(16-11)15-10(17)6-14-13(18)19-3/h4-5H,6H2,1-3H3,(H,14,18)(H,15,16,17). The van der Waals surface area contributed by atoms with Crippen LogP contribution in [0.25, 0.3) is 10.2 Å². The first-order chi connectivity index (χ1) is 9.49. The summed E-state index contributed by atoms with van der Waals surface area (Å²) in [7, 11) is 1.24. The Morgan fingerprint density at radius 2 is 2.10 bits per heavy atom. The van der Waals surface area contributed by atoms with Crippen LogP contribution in [0.1, 0.15) is 11.1 Å². The fraction of sp³-hybridized carbons (Fsp3) is 0.308. The Balaban J connectivity index is 2.08. The molecule has 106 valence electrons. The van der Waals surface area contributed by atoms with Crippen LogP contribution in [0.4, 0.5) is 9.93 Å². The minimum absolute atomic E-state index is 0.152. The summed E-state index contributed by atoms with van der Waals surface area (Å²) >= 11 is 1.41. The molecular weight excluding hydrogens is 278 g/mol. The number of ether oxygens (including phenoxy) is 1. The van der Waals surface area contributed by atoms with Crippen molar-refractivity contribution in [2.24, 2.45) is 0 Å². The molecule has 0 unspecified atom stereocenters. The lowest BCUT2D eigenvalue weighted by Crippen LogP contribution is -2.32. The molecule has 7 heteroatoms. The molecule has 0 aliphatic carbocycles. The summed E-state index contributed by atoms with van der Waals surface area (Å²) in [6, 6.07) is 4.08. The lowest BCUT2D eigenvalue weighted by atomic mass is 10.1. The number of carbonyl (C=O) groups excluding carboxylic acids is 2. The Labute approximate surface area is 120 Å². The van der Waals surface area contributed by atoms with Gasteiger partial charge in [0, 0.05) is 0 Å². The van der Waals surface area contributed by atoms with Crippen LogP contribution in [0, 0.1) is 13.8 Å². The number of fused-ring (bicyclic) bond motifs is 1. The third-order valence-electron chi connectivity index (χ3n) is 2.65. The van der Waals surface area contributed by atoms with Crippen LogP contribution in [-0.2, 0) is 9.53 Å². The van der Waals surface area contributed by atoms with Crippen LogP contribution < -0.4 is 10.6 Å². The SMILES string of the molecule is COC(=O)NCC(=O)Nc1nc2c(C)cc(C)cc2s1. The highest BCUT2D eigenvalue weighted by atomic mass is 32.1. The smallest absolute Gasteiger partial charge is 0.407 e. The van der Waals surface area contributed by atoms with E-state index in [1.165, 1.54) is 18.4 Å². The lowest BCUT2D eigenvalue weighted by Gasteiger charge is -2.02. The van der Waals surface area contributed by atoms with Gasteiger partial charge in [0.25, 0.3) is 0 Å². The Hall–Kier alpha value is -2.15. The van der Waals surface area contributed by atoms with Gasteiger partial charge in [0.2, 0.25) is 5.91 Å². The number of carbonyl (C=O) groups is 2. The number of rotatable bonds is 3. The van der Waals surface area contributed by atoms with Crippen molar-refractivity contribution in [3.63, 3.8) is 0 Å². The van der Waals surface area contributed by atoms with Crippen LogP contribution in [-0.4, -0.2) is 30.6 Å². The predicted molar refractivity (Wildman–Crippen MR) is 78.1 cm³/mol. The average Bonchev–Trinajstić information content (AvgIpc) is 2.78. The van der Waals surface area contributed by atoms with Gasteiger partial charge in [0.15, 0.2) is 5.13 Å². The summed E-state index contributed by atoms with van der Waals surface area (Å²) in [6.07, 6.45) is -0.643. The molecule has 2 N–H and O–H groups in total. The normalized spacial score (nSPS) is 10.3. The first-order valence-electron chi connectivity index (χ1n) is 5.99. The molecule has 2 aromatic rings. The van der Waals surface area contributed by atoms with Gasteiger partial charge in [-0.15, -0.1) is 0 Å². The van der Waals surface area contributed by atoms with E-state index in [2.05, 4.69) is 20.4 Å². The molecule has 2 amide bonds. The van der Waals surface area contributed by atoms with Crippen molar-refractivity contribution >= 4 is 38.7 Å². The van der Waals surface area contributed by atoms with Crippen molar-refractivity contribution < 1.29 is 14.3 Å². The molecule has 0 saturated heterocycles. The first kappa shape index (κ1) is 14.3. The number of alkyl carbamates (subject to hydrolysis) is 1. The van der Waals surface area contributed by atoms with E-state index in [9.17, 15) is 9.59 Å². The quantitative estimate of drug-likeness (QED) is 0.909. The highest BCUT2D eigenvalue weighted by Gasteiger charge is 2.10. The summed E-state index contributed by atoms with van der Waals surface area (Å²) in [5, 5.41) is 5.48. The number of amides is 2. The van der Waals surface area contributed by atoms with Crippen molar-refractivity contribution in [2.75, 3.05) is 19.0 Å². The molecule has 0 fully saturated rings. The molecule has 0 saturated carbocycles. The van der Waals surface area contributed by atoms with Gasteiger partial charge >= 0.3 is 6.09 Å². The first-order valence-corrected chi connectivity index (χ1v) is 6.80. The molecule has 0 bridgehead atoms. The summed E-state index contributed by atoms with van der Waals surface area (Å²) in [4.78, 5) is 26.9. The van der Waals surface area contributed by atoms with Gasteiger partial charge in [0.1, 0.15) is 6.54 Å². The number of thiazole rings is 1. The van der Waals surface area contributed by atoms with Gasteiger partial charge in [-0.3, -0.25) is 4.79 Å². The Bertz CT molecular complexity index is 666. The van der Waals surface area contributed by atoms with Crippen molar-refractivity contribution in [1.82, 2.24) is 10.3 Å². The maximum absolute atomic E-state index is 11.6. The Morgan fingerprint density at radius 3 is 2.80 bits per heavy atom. The van der Waals surface area contributed by atoms with Gasteiger partial charge in [-0.1, -0.05) is 17.4 Å². The van der Waals surface area contributed by atoms with Crippen molar-refractivity contribution in [3.05, 3.63) is 23.3 Å². The monoisotopic (exact) mass is 293 g/mol. The second kappa shape index (κ2) is 5.87. The largest absolute Gasteiger partial charge is 0.453 e. The molecule has 6 nitrogen and oxygen atoms in total. The summed E-state index contributed by atoms with van der Waals surface area (Å²) in [5.41, 5.74) is 3.12. The van der Waals surface area contributed by atoms with E-state index < -0.39 is 6.09 Å². The molecular formula is C13H15N3O3S. The molecule has 0 atom stereocenters. The van der Waals surface area contributed by atoms with E-state index in [4.69, 9.17) is 0 Å². The van der Waals surface area contributed by atoms with Crippen molar-refractivity contribution in [2.45, 2.75) is 13.8 Å². The topological polar surface area (TPSA) is 80.3 Å². The summed E-state index contributed by atoms with van der Waals surface area (Å²) in [5.74, 6) is -0.344. The zero-order valence-corrected chi connectivity index (χ0v) is 12.3. The van der Waals surface area contributed by atoms with E-state index in [-0.39, 0.29) is 12.5 Å².